The van der Waals surface area contributed by atoms with Crippen LogP contribution in [0.1, 0.15) is 0 Å². The Morgan fingerprint density at radius 2 is 0.667 bits per heavy atom. The van der Waals surface area contributed by atoms with Crippen LogP contribution in [0.3, 0.4) is 0 Å². The van der Waals surface area contributed by atoms with Crippen molar-refractivity contribution < 1.29 is 0 Å². The zero-order chi connectivity index (χ0) is 35.6. The molecule has 9 aromatic carbocycles. The lowest BCUT2D eigenvalue weighted by molar-refractivity contribution is 1.17. The molecule has 252 valence electrons. The molecule has 11 aromatic rings. The number of hydrogen-bond donors (Lipinski definition) is 0. The van der Waals surface area contributed by atoms with Crippen molar-refractivity contribution in [1.82, 2.24) is 9.13 Å². The Hall–Kier alpha value is -7.16. The van der Waals surface area contributed by atoms with E-state index in [1.165, 1.54) is 93.5 Å². The van der Waals surface area contributed by atoms with E-state index >= 15 is 0 Å². The molecule has 0 amide bonds. The van der Waals surface area contributed by atoms with Crippen LogP contribution >= 0.6 is 0 Å². The van der Waals surface area contributed by atoms with Crippen molar-refractivity contribution in [2.75, 3.05) is 0 Å². The second-order valence-corrected chi connectivity index (χ2v) is 14.2. The van der Waals surface area contributed by atoms with Crippen molar-refractivity contribution in [3.63, 3.8) is 0 Å². The van der Waals surface area contributed by atoms with Crippen LogP contribution in [-0.2, 0) is 0 Å². The molecule has 0 aliphatic carbocycles. The van der Waals surface area contributed by atoms with E-state index in [1.54, 1.807) is 0 Å². The lowest BCUT2D eigenvalue weighted by Gasteiger charge is -2.13. The van der Waals surface area contributed by atoms with Crippen LogP contribution in [0, 0.1) is 0 Å². The lowest BCUT2D eigenvalue weighted by atomic mass is 9.93. The quantitative estimate of drug-likeness (QED) is 0.171. The van der Waals surface area contributed by atoms with Crippen LogP contribution in [-0.4, -0.2) is 9.13 Å². The summed E-state index contributed by atoms with van der Waals surface area (Å²) in [5.41, 5.74) is 14.3. The van der Waals surface area contributed by atoms with Crippen molar-refractivity contribution in [1.29, 1.82) is 0 Å². The second kappa shape index (κ2) is 12.2. The molecule has 2 nitrogen and oxygen atoms in total. The molecule has 54 heavy (non-hydrogen) atoms. The van der Waals surface area contributed by atoms with Crippen LogP contribution in [0.15, 0.2) is 206 Å². The number of rotatable bonds is 5. The summed E-state index contributed by atoms with van der Waals surface area (Å²) in [6, 6.07) is 75.3. The normalized spacial score (nSPS) is 11.7. The lowest BCUT2D eigenvalue weighted by Crippen LogP contribution is -1.96. The summed E-state index contributed by atoms with van der Waals surface area (Å²) in [6.07, 6.45) is 0. The third kappa shape index (κ3) is 4.88. The molecule has 0 saturated heterocycles. The first-order chi connectivity index (χ1) is 26.8. The van der Waals surface area contributed by atoms with E-state index in [-0.39, 0.29) is 0 Å². The van der Waals surface area contributed by atoms with Crippen molar-refractivity contribution in [3.8, 4) is 44.8 Å². The summed E-state index contributed by atoms with van der Waals surface area (Å²) in [5, 5.41) is 7.52. The predicted octanol–water partition coefficient (Wildman–Crippen LogP) is 14.0. The van der Waals surface area contributed by atoms with Gasteiger partial charge in [0.05, 0.1) is 22.1 Å². The first kappa shape index (κ1) is 30.5. The molecule has 0 aliphatic heterocycles. The number of nitrogens with zero attached hydrogens (tertiary/aromatic N) is 2. The minimum atomic E-state index is 1.14. The van der Waals surface area contributed by atoms with Gasteiger partial charge in [0, 0.05) is 32.9 Å². The highest BCUT2D eigenvalue weighted by atomic mass is 15.0. The largest absolute Gasteiger partial charge is 0.309 e. The Balaban J connectivity index is 1.10. The summed E-state index contributed by atoms with van der Waals surface area (Å²) < 4.78 is 4.87. The number of fused-ring (bicyclic) bond motifs is 7. The second-order valence-electron chi connectivity index (χ2n) is 14.2. The van der Waals surface area contributed by atoms with E-state index in [9.17, 15) is 0 Å². The fourth-order valence-corrected chi connectivity index (χ4v) is 8.49. The molecule has 0 N–H and O–H groups in total. The highest BCUT2D eigenvalue weighted by Gasteiger charge is 2.19. The Morgan fingerprint density at radius 3 is 1.24 bits per heavy atom. The Labute approximate surface area is 313 Å². The summed E-state index contributed by atoms with van der Waals surface area (Å²) in [5.74, 6) is 0. The van der Waals surface area contributed by atoms with Gasteiger partial charge in [0.1, 0.15) is 0 Å². The Morgan fingerprint density at radius 1 is 0.222 bits per heavy atom. The van der Waals surface area contributed by atoms with Gasteiger partial charge in [0.15, 0.2) is 0 Å². The molecule has 0 unspecified atom stereocenters. The molecule has 0 atom stereocenters. The first-order valence-electron chi connectivity index (χ1n) is 18.6. The van der Waals surface area contributed by atoms with E-state index in [0.717, 1.165) is 5.69 Å². The summed E-state index contributed by atoms with van der Waals surface area (Å²) in [4.78, 5) is 0. The average molecular weight is 687 g/mol. The van der Waals surface area contributed by atoms with Gasteiger partial charge in [-0.1, -0.05) is 140 Å². The fraction of sp³-hybridized carbons (Fsp3) is 0. The summed E-state index contributed by atoms with van der Waals surface area (Å²) in [7, 11) is 0. The van der Waals surface area contributed by atoms with Crippen LogP contribution in [0.2, 0.25) is 0 Å². The van der Waals surface area contributed by atoms with Crippen molar-refractivity contribution in [2.45, 2.75) is 0 Å². The number of para-hydroxylation sites is 2. The number of benzene rings is 9. The smallest absolute Gasteiger partial charge is 0.0562 e. The highest BCUT2D eigenvalue weighted by Crippen LogP contribution is 2.40. The van der Waals surface area contributed by atoms with E-state index in [0.29, 0.717) is 0 Å². The summed E-state index contributed by atoms with van der Waals surface area (Å²) in [6.45, 7) is 0. The molecular weight excluding hydrogens is 653 g/mol. The van der Waals surface area contributed by atoms with Gasteiger partial charge in [-0.3, -0.25) is 0 Å². The fourth-order valence-electron chi connectivity index (χ4n) is 8.49. The standard InChI is InChI=1S/C52H34N2/c1-3-13-35(14-4-1)40-29-41(36-15-5-2-6-16-36)31-42(30-40)38-23-26-43(27-24-38)53-49-21-11-9-19-45(49)47-33-48-46-20-10-12-22-50(46)54(52(48)34-51(47)53)44-28-25-37-17-7-8-18-39(37)32-44/h1-34H. The zero-order valence-corrected chi connectivity index (χ0v) is 29.5. The van der Waals surface area contributed by atoms with Gasteiger partial charge in [-0.05, 0) is 111 Å². The van der Waals surface area contributed by atoms with Crippen molar-refractivity contribution in [3.05, 3.63) is 206 Å². The maximum absolute atomic E-state index is 2.44. The molecular formula is C52H34N2. The molecule has 0 saturated carbocycles. The van der Waals surface area contributed by atoms with Crippen LogP contribution in [0.25, 0.3) is 99.1 Å². The van der Waals surface area contributed by atoms with Gasteiger partial charge >= 0.3 is 0 Å². The van der Waals surface area contributed by atoms with Gasteiger partial charge in [0.25, 0.3) is 0 Å². The van der Waals surface area contributed by atoms with E-state index in [4.69, 9.17) is 0 Å². The molecule has 2 heteroatoms. The topological polar surface area (TPSA) is 9.86 Å². The van der Waals surface area contributed by atoms with Crippen LogP contribution < -0.4 is 0 Å². The van der Waals surface area contributed by atoms with E-state index < -0.39 is 0 Å². The highest BCUT2D eigenvalue weighted by molar-refractivity contribution is 6.19. The van der Waals surface area contributed by atoms with Crippen molar-refractivity contribution >= 4 is 54.4 Å². The Kier molecular flexibility index (Phi) is 6.90. The first-order valence-corrected chi connectivity index (χ1v) is 18.6. The third-order valence-electron chi connectivity index (χ3n) is 11.1. The summed E-state index contributed by atoms with van der Waals surface area (Å²) >= 11 is 0. The SMILES string of the molecule is c1ccc(-c2cc(-c3ccccc3)cc(-c3ccc(-n4c5ccccc5c5cc6c7ccccc7n(-c7ccc8ccccc8c7)c6cc54)cc3)c2)cc1. The van der Waals surface area contributed by atoms with Gasteiger partial charge in [0.2, 0.25) is 0 Å². The maximum Gasteiger partial charge on any atom is 0.0562 e. The van der Waals surface area contributed by atoms with Crippen LogP contribution in [0.5, 0.6) is 0 Å². The third-order valence-corrected chi connectivity index (χ3v) is 11.1. The maximum atomic E-state index is 2.44. The number of hydrogen-bond acceptors (Lipinski definition) is 0. The average Bonchev–Trinajstić information content (AvgIpc) is 3.75. The van der Waals surface area contributed by atoms with Crippen molar-refractivity contribution in [2.24, 2.45) is 0 Å². The molecule has 0 bridgehead atoms. The molecule has 0 radical (unpaired) electrons. The predicted molar refractivity (Wildman–Crippen MR) is 229 cm³/mol. The molecule has 0 fully saturated rings. The van der Waals surface area contributed by atoms with E-state index in [1.807, 2.05) is 0 Å². The molecule has 2 aromatic heterocycles. The molecule has 0 spiro atoms. The minimum Gasteiger partial charge on any atom is -0.309 e. The van der Waals surface area contributed by atoms with Gasteiger partial charge < -0.3 is 9.13 Å². The minimum absolute atomic E-state index is 1.14. The van der Waals surface area contributed by atoms with Gasteiger partial charge in [-0.2, -0.15) is 0 Å². The van der Waals surface area contributed by atoms with Crippen LogP contribution in [0.4, 0.5) is 0 Å². The Bertz CT molecular complexity index is 3130. The van der Waals surface area contributed by atoms with Gasteiger partial charge in [-0.25, -0.2) is 0 Å². The van der Waals surface area contributed by atoms with E-state index in [2.05, 4.69) is 215 Å². The number of aromatic nitrogens is 2. The molecule has 11 rings (SSSR count). The monoisotopic (exact) mass is 686 g/mol. The molecule has 0 aliphatic rings. The zero-order valence-electron chi connectivity index (χ0n) is 29.5. The molecule has 2 heterocycles. The van der Waals surface area contributed by atoms with Gasteiger partial charge in [-0.15, -0.1) is 0 Å².